The number of benzene rings is 2. The first kappa shape index (κ1) is 22.5. The van der Waals surface area contributed by atoms with Crippen molar-refractivity contribution < 1.29 is 9.53 Å². The van der Waals surface area contributed by atoms with Crippen LogP contribution >= 0.6 is 11.3 Å². The molecule has 0 bridgehead atoms. The third-order valence-electron chi connectivity index (χ3n) is 6.13. The molecule has 1 aliphatic rings. The number of ether oxygens (including phenoxy) is 1. The third kappa shape index (κ3) is 5.75. The van der Waals surface area contributed by atoms with Gasteiger partial charge in [-0.3, -0.25) is 9.69 Å². The number of carbonyl (C=O) groups excluding carboxylic acids is 1. The van der Waals surface area contributed by atoms with Crippen molar-refractivity contribution in [3.05, 3.63) is 70.0 Å². The summed E-state index contributed by atoms with van der Waals surface area (Å²) >= 11 is 1.45. The van der Waals surface area contributed by atoms with Crippen molar-refractivity contribution in [1.29, 1.82) is 0 Å². The Morgan fingerprint density at radius 2 is 1.94 bits per heavy atom. The fourth-order valence-corrected chi connectivity index (χ4v) is 5.12. The Morgan fingerprint density at radius 3 is 2.69 bits per heavy atom. The smallest absolute Gasteiger partial charge is 0.280 e. The van der Waals surface area contributed by atoms with Gasteiger partial charge in [0.25, 0.3) is 5.91 Å². The second-order valence-corrected chi connectivity index (χ2v) is 9.61. The number of likely N-dealkylation sites (tertiary alicyclic amines) is 1. The number of aromatic nitrogens is 1. The molecular formula is C26H31N3O2S. The van der Waals surface area contributed by atoms with Crippen LogP contribution < -0.4 is 10.1 Å². The molecule has 5 nitrogen and oxygen atoms in total. The van der Waals surface area contributed by atoms with E-state index in [1.165, 1.54) is 29.7 Å². The molecule has 4 rings (SSSR count). The highest BCUT2D eigenvalue weighted by Crippen LogP contribution is 2.30. The van der Waals surface area contributed by atoms with Crippen LogP contribution in [-0.2, 0) is 6.54 Å². The third-order valence-corrected chi connectivity index (χ3v) is 7.10. The molecule has 0 atom stereocenters. The standard InChI is InChI=1S/C26H31N3O2S/c1-19-24(22-9-6-10-23(17-22)31-2)28-26(32-19)25(30)27-14-11-20-12-15-29(16-13-20)18-21-7-4-3-5-8-21/h3-10,17,20H,11-16,18H2,1-2H3,(H,27,30). The van der Waals surface area contributed by atoms with Crippen molar-refractivity contribution in [2.45, 2.75) is 32.7 Å². The average Bonchev–Trinajstić information content (AvgIpc) is 3.22. The Morgan fingerprint density at radius 1 is 1.16 bits per heavy atom. The van der Waals surface area contributed by atoms with Gasteiger partial charge in [0.15, 0.2) is 5.01 Å². The van der Waals surface area contributed by atoms with Gasteiger partial charge in [-0.1, -0.05) is 42.5 Å². The molecule has 1 saturated heterocycles. The van der Waals surface area contributed by atoms with Crippen LogP contribution in [0, 0.1) is 12.8 Å². The molecule has 168 valence electrons. The average molecular weight is 450 g/mol. The first-order chi connectivity index (χ1) is 15.6. The van der Waals surface area contributed by atoms with Gasteiger partial charge in [0.2, 0.25) is 0 Å². The molecule has 2 aromatic carbocycles. The van der Waals surface area contributed by atoms with E-state index in [1.807, 2.05) is 31.2 Å². The maximum absolute atomic E-state index is 12.7. The molecule has 1 N–H and O–H groups in total. The summed E-state index contributed by atoms with van der Waals surface area (Å²) < 4.78 is 5.31. The van der Waals surface area contributed by atoms with Crippen LogP contribution in [0.3, 0.4) is 0 Å². The molecule has 0 aliphatic carbocycles. The van der Waals surface area contributed by atoms with E-state index in [2.05, 4.69) is 45.5 Å². The van der Waals surface area contributed by atoms with Crippen molar-refractivity contribution in [2.24, 2.45) is 5.92 Å². The highest BCUT2D eigenvalue weighted by Gasteiger charge is 2.20. The molecule has 0 saturated carbocycles. The molecule has 1 aliphatic heterocycles. The van der Waals surface area contributed by atoms with E-state index in [1.54, 1.807) is 7.11 Å². The molecular weight excluding hydrogens is 418 g/mol. The zero-order valence-corrected chi connectivity index (χ0v) is 19.7. The molecule has 1 fully saturated rings. The summed E-state index contributed by atoms with van der Waals surface area (Å²) in [7, 11) is 1.65. The number of thiazole rings is 1. The molecule has 6 heteroatoms. The highest BCUT2D eigenvalue weighted by molar-refractivity contribution is 7.14. The summed E-state index contributed by atoms with van der Waals surface area (Å²) in [5.41, 5.74) is 3.20. The second-order valence-electron chi connectivity index (χ2n) is 8.41. The largest absolute Gasteiger partial charge is 0.497 e. The molecule has 0 spiro atoms. The van der Waals surface area contributed by atoms with Gasteiger partial charge in [-0.15, -0.1) is 11.3 Å². The van der Waals surface area contributed by atoms with Crippen LogP contribution in [-0.4, -0.2) is 42.5 Å². The molecule has 32 heavy (non-hydrogen) atoms. The van der Waals surface area contributed by atoms with Gasteiger partial charge in [0.1, 0.15) is 5.75 Å². The van der Waals surface area contributed by atoms with E-state index < -0.39 is 0 Å². The Bertz CT molecular complexity index is 1030. The van der Waals surface area contributed by atoms with E-state index in [-0.39, 0.29) is 5.91 Å². The summed E-state index contributed by atoms with van der Waals surface area (Å²) in [5.74, 6) is 1.39. The number of hydrogen-bond acceptors (Lipinski definition) is 5. The zero-order chi connectivity index (χ0) is 22.3. The number of aryl methyl sites for hydroxylation is 1. The lowest BCUT2D eigenvalue weighted by Crippen LogP contribution is -2.34. The molecule has 3 aromatic rings. The normalized spacial score (nSPS) is 14.9. The highest BCUT2D eigenvalue weighted by atomic mass is 32.1. The fraction of sp³-hybridized carbons (Fsp3) is 0.385. The molecule has 0 unspecified atom stereocenters. The van der Waals surface area contributed by atoms with Crippen LogP contribution in [0.4, 0.5) is 0 Å². The molecule has 1 aromatic heterocycles. The maximum atomic E-state index is 12.7. The predicted octanol–water partition coefficient (Wildman–Crippen LogP) is 5.16. The Labute approximate surface area is 194 Å². The summed E-state index contributed by atoms with van der Waals surface area (Å²) in [6, 6.07) is 18.5. The van der Waals surface area contributed by atoms with Gasteiger partial charge >= 0.3 is 0 Å². The minimum atomic E-state index is -0.0752. The van der Waals surface area contributed by atoms with Crippen LogP contribution in [0.5, 0.6) is 5.75 Å². The van der Waals surface area contributed by atoms with Crippen LogP contribution in [0.15, 0.2) is 54.6 Å². The van der Waals surface area contributed by atoms with Crippen molar-refractivity contribution >= 4 is 17.2 Å². The number of carbonyl (C=O) groups is 1. The summed E-state index contributed by atoms with van der Waals surface area (Å²) in [6.07, 6.45) is 3.41. The maximum Gasteiger partial charge on any atom is 0.280 e. The Balaban J connectivity index is 1.23. The lowest BCUT2D eigenvalue weighted by molar-refractivity contribution is 0.0947. The van der Waals surface area contributed by atoms with Crippen LogP contribution in [0.1, 0.15) is 39.5 Å². The summed E-state index contributed by atoms with van der Waals surface area (Å²) in [6.45, 7) is 6.00. The van der Waals surface area contributed by atoms with Crippen LogP contribution in [0.25, 0.3) is 11.3 Å². The van der Waals surface area contributed by atoms with Crippen LogP contribution in [0.2, 0.25) is 0 Å². The van der Waals surface area contributed by atoms with Crippen molar-refractivity contribution in [3.63, 3.8) is 0 Å². The Hall–Kier alpha value is -2.70. The molecule has 0 radical (unpaired) electrons. The molecule has 2 heterocycles. The summed E-state index contributed by atoms with van der Waals surface area (Å²) in [4.78, 5) is 20.8. The van der Waals surface area contributed by atoms with Gasteiger partial charge in [0.05, 0.1) is 12.8 Å². The number of nitrogens with one attached hydrogen (secondary N) is 1. The zero-order valence-electron chi connectivity index (χ0n) is 18.8. The monoisotopic (exact) mass is 449 g/mol. The van der Waals surface area contributed by atoms with Gasteiger partial charge in [-0.2, -0.15) is 0 Å². The van der Waals surface area contributed by atoms with Gasteiger partial charge in [-0.25, -0.2) is 4.98 Å². The van der Waals surface area contributed by atoms with Gasteiger partial charge < -0.3 is 10.1 Å². The first-order valence-electron chi connectivity index (χ1n) is 11.3. The lowest BCUT2D eigenvalue weighted by Gasteiger charge is -2.32. The van der Waals surface area contributed by atoms with Crippen molar-refractivity contribution in [3.8, 4) is 17.0 Å². The number of hydrogen-bond donors (Lipinski definition) is 1. The van der Waals surface area contributed by atoms with E-state index in [0.29, 0.717) is 17.5 Å². The SMILES string of the molecule is COc1cccc(-c2nc(C(=O)NCCC3CCN(Cc4ccccc4)CC3)sc2C)c1. The van der Waals surface area contributed by atoms with Gasteiger partial charge in [-0.05, 0) is 62.9 Å². The quantitative estimate of drug-likeness (QED) is 0.516. The Kier molecular flexibility index (Phi) is 7.55. The van der Waals surface area contributed by atoms with E-state index in [0.717, 1.165) is 47.9 Å². The minimum Gasteiger partial charge on any atom is -0.497 e. The summed E-state index contributed by atoms with van der Waals surface area (Å²) in [5, 5.41) is 3.61. The molecule has 1 amide bonds. The fourth-order valence-electron chi connectivity index (χ4n) is 4.27. The number of nitrogens with zero attached hydrogens (tertiary/aromatic N) is 2. The topological polar surface area (TPSA) is 54.5 Å². The number of methoxy groups -OCH3 is 1. The van der Waals surface area contributed by atoms with E-state index in [4.69, 9.17) is 4.74 Å². The number of rotatable bonds is 8. The predicted molar refractivity (Wildman–Crippen MR) is 130 cm³/mol. The van der Waals surface area contributed by atoms with E-state index in [9.17, 15) is 4.79 Å². The van der Waals surface area contributed by atoms with Crippen molar-refractivity contribution in [2.75, 3.05) is 26.7 Å². The van der Waals surface area contributed by atoms with Crippen molar-refractivity contribution in [1.82, 2.24) is 15.2 Å². The second kappa shape index (κ2) is 10.7. The minimum absolute atomic E-state index is 0.0752. The van der Waals surface area contributed by atoms with Gasteiger partial charge in [0, 0.05) is 23.5 Å². The van der Waals surface area contributed by atoms with E-state index >= 15 is 0 Å². The first-order valence-corrected chi connectivity index (χ1v) is 12.1. The number of piperidine rings is 1. The lowest BCUT2D eigenvalue weighted by atomic mass is 9.93. The number of amides is 1.